The second-order valence-electron chi connectivity index (χ2n) is 8.47. The lowest BCUT2D eigenvalue weighted by molar-refractivity contribution is -0.140. The summed E-state index contributed by atoms with van der Waals surface area (Å²) in [4.78, 5) is 39.7. The number of benzene rings is 2. The van der Waals surface area contributed by atoms with E-state index in [9.17, 15) is 22.8 Å². The Morgan fingerprint density at radius 2 is 1.65 bits per heavy atom. The predicted molar refractivity (Wildman–Crippen MR) is 133 cm³/mol. The van der Waals surface area contributed by atoms with Crippen LogP contribution in [0, 0.1) is 0 Å². The summed E-state index contributed by atoms with van der Waals surface area (Å²) in [5.74, 6) is -1.04. The first-order valence-corrected chi connectivity index (χ1v) is 13.0. The van der Waals surface area contributed by atoms with Crippen LogP contribution in [0.1, 0.15) is 50.0 Å². The maximum absolute atomic E-state index is 13.6. The molecule has 0 aliphatic rings. The SMILES string of the molecule is CC[C@H](C(=O)NC(C)C)N(Cc1ccccc1)C(=O)CN(c1cccc(C(C)=O)c1)S(C)(=O)=O. The van der Waals surface area contributed by atoms with Crippen molar-refractivity contribution in [2.45, 2.75) is 52.7 Å². The average Bonchev–Trinajstić information content (AvgIpc) is 2.76. The van der Waals surface area contributed by atoms with Crippen LogP contribution in [-0.4, -0.2) is 55.8 Å². The molecule has 9 heteroatoms. The first-order chi connectivity index (χ1) is 15.9. The summed E-state index contributed by atoms with van der Waals surface area (Å²) in [7, 11) is -3.86. The van der Waals surface area contributed by atoms with E-state index in [1.54, 1.807) is 19.1 Å². The van der Waals surface area contributed by atoms with Gasteiger partial charge in [0, 0.05) is 18.2 Å². The van der Waals surface area contributed by atoms with E-state index >= 15 is 0 Å². The van der Waals surface area contributed by atoms with Gasteiger partial charge in [0.05, 0.1) is 11.9 Å². The summed E-state index contributed by atoms with van der Waals surface area (Å²) >= 11 is 0. The first-order valence-electron chi connectivity index (χ1n) is 11.2. The number of ketones is 1. The first kappa shape index (κ1) is 27.0. The van der Waals surface area contributed by atoms with Crippen LogP contribution in [0.5, 0.6) is 0 Å². The fourth-order valence-electron chi connectivity index (χ4n) is 3.57. The monoisotopic (exact) mass is 487 g/mol. The number of hydrogen-bond donors (Lipinski definition) is 1. The molecule has 0 aromatic heterocycles. The Labute approximate surface area is 202 Å². The van der Waals surface area contributed by atoms with Crippen molar-refractivity contribution in [3.8, 4) is 0 Å². The number of Topliss-reactive ketones (excluding diaryl/α,β-unsaturated/α-hetero) is 1. The summed E-state index contributed by atoms with van der Waals surface area (Å²) in [6.07, 6.45) is 1.36. The molecule has 0 aliphatic heterocycles. The Morgan fingerprint density at radius 1 is 1.00 bits per heavy atom. The Balaban J connectivity index is 2.45. The maximum Gasteiger partial charge on any atom is 0.244 e. The van der Waals surface area contributed by atoms with E-state index in [1.807, 2.05) is 44.2 Å². The van der Waals surface area contributed by atoms with Crippen molar-refractivity contribution in [3.05, 3.63) is 65.7 Å². The van der Waals surface area contributed by atoms with Crippen molar-refractivity contribution in [2.24, 2.45) is 0 Å². The van der Waals surface area contributed by atoms with Crippen LogP contribution in [0.4, 0.5) is 5.69 Å². The van der Waals surface area contributed by atoms with Gasteiger partial charge in [-0.15, -0.1) is 0 Å². The molecule has 0 fully saturated rings. The molecule has 0 radical (unpaired) electrons. The number of carbonyl (C=O) groups excluding carboxylic acids is 3. The number of nitrogens with one attached hydrogen (secondary N) is 1. The molecule has 0 saturated heterocycles. The zero-order valence-electron chi connectivity index (χ0n) is 20.3. The highest BCUT2D eigenvalue weighted by Gasteiger charge is 2.32. The zero-order chi connectivity index (χ0) is 25.5. The number of carbonyl (C=O) groups is 3. The Kier molecular flexibility index (Phi) is 9.37. The summed E-state index contributed by atoms with van der Waals surface area (Å²) in [5.41, 5.74) is 1.36. The Hall–Kier alpha value is -3.20. The largest absolute Gasteiger partial charge is 0.352 e. The Morgan fingerprint density at radius 3 is 2.18 bits per heavy atom. The van der Waals surface area contributed by atoms with E-state index in [-0.39, 0.29) is 30.0 Å². The molecule has 34 heavy (non-hydrogen) atoms. The van der Waals surface area contributed by atoms with Gasteiger partial charge in [-0.1, -0.05) is 49.4 Å². The van der Waals surface area contributed by atoms with Gasteiger partial charge >= 0.3 is 0 Å². The molecule has 2 aromatic carbocycles. The quantitative estimate of drug-likeness (QED) is 0.491. The third-order valence-corrected chi connectivity index (χ3v) is 6.37. The molecule has 0 spiro atoms. The van der Waals surface area contributed by atoms with Crippen LogP contribution in [0.2, 0.25) is 0 Å². The van der Waals surface area contributed by atoms with E-state index in [1.165, 1.54) is 24.0 Å². The fourth-order valence-corrected chi connectivity index (χ4v) is 4.42. The van der Waals surface area contributed by atoms with Crippen LogP contribution in [0.25, 0.3) is 0 Å². The molecule has 0 unspecified atom stereocenters. The zero-order valence-corrected chi connectivity index (χ0v) is 21.1. The standard InChI is InChI=1S/C25H33N3O5S/c1-6-23(25(31)26-18(2)3)27(16-20-11-8-7-9-12-20)24(30)17-28(34(5,32)33)22-14-10-13-21(15-22)19(4)29/h7-15,18,23H,6,16-17H2,1-5H3,(H,26,31)/t23-/m1/s1. The number of anilines is 1. The number of nitrogens with zero attached hydrogens (tertiary/aromatic N) is 2. The second kappa shape index (κ2) is 11.8. The molecule has 0 saturated carbocycles. The highest BCUT2D eigenvalue weighted by Crippen LogP contribution is 2.21. The number of sulfonamides is 1. The van der Waals surface area contributed by atoms with E-state index in [0.29, 0.717) is 12.0 Å². The van der Waals surface area contributed by atoms with Crippen LogP contribution >= 0.6 is 0 Å². The van der Waals surface area contributed by atoms with E-state index < -0.39 is 28.5 Å². The van der Waals surface area contributed by atoms with Crippen LogP contribution < -0.4 is 9.62 Å². The van der Waals surface area contributed by atoms with Gasteiger partial charge in [0.2, 0.25) is 21.8 Å². The van der Waals surface area contributed by atoms with E-state index in [2.05, 4.69) is 5.32 Å². The van der Waals surface area contributed by atoms with Crippen molar-refractivity contribution in [3.63, 3.8) is 0 Å². The second-order valence-corrected chi connectivity index (χ2v) is 10.4. The van der Waals surface area contributed by atoms with Gasteiger partial charge in [-0.25, -0.2) is 8.42 Å². The van der Waals surface area contributed by atoms with Crippen LogP contribution in [0.15, 0.2) is 54.6 Å². The lowest BCUT2D eigenvalue weighted by Crippen LogP contribution is -2.53. The highest BCUT2D eigenvalue weighted by molar-refractivity contribution is 7.92. The smallest absolute Gasteiger partial charge is 0.244 e. The molecule has 1 atom stereocenters. The third-order valence-electron chi connectivity index (χ3n) is 5.23. The van der Waals surface area contributed by atoms with Crippen LogP contribution in [0.3, 0.4) is 0 Å². The van der Waals surface area contributed by atoms with Gasteiger partial charge < -0.3 is 10.2 Å². The van der Waals surface area contributed by atoms with E-state index in [0.717, 1.165) is 16.1 Å². The fraction of sp³-hybridized carbons (Fsp3) is 0.400. The summed E-state index contributed by atoms with van der Waals surface area (Å²) in [5, 5.41) is 2.85. The summed E-state index contributed by atoms with van der Waals surface area (Å²) < 4.78 is 26.2. The highest BCUT2D eigenvalue weighted by atomic mass is 32.2. The lowest BCUT2D eigenvalue weighted by atomic mass is 10.1. The minimum atomic E-state index is -3.86. The molecule has 0 heterocycles. The molecule has 2 rings (SSSR count). The van der Waals surface area contributed by atoms with Crippen molar-refractivity contribution in [1.82, 2.24) is 10.2 Å². The summed E-state index contributed by atoms with van der Waals surface area (Å²) in [6.45, 7) is 6.51. The number of hydrogen-bond acceptors (Lipinski definition) is 5. The third kappa shape index (κ3) is 7.41. The van der Waals surface area contributed by atoms with Gasteiger partial charge in [0.15, 0.2) is 5.78 Å². The van der Waals surface area contributed by atoms with Gasteiger partial charge in [0.1, 0.15) is 12.6 Å². The Bertz CT molecular complexity index is 1120. The molecule has 0 aliphatic carbocycles. The van der Waals surface area contributed by atoms with Crippen molar-refractivity contribution >= 4 is 33.3 Å². The molecule has 184 valence electrons. The summed E-state index contributed by atoms with van der Waals surface area (Å²) in [6, 6.07) is 14.5. The molecule has 0 bridgehead atoms. The van der Waals surface area contributed by atoms with Gasteiger partial charge in [-0.3, -0.25) is 18.7 Å². The van der Waals surface area contributed by atoms with Crippen LogP contribution in [-0.2, 0) is 26.2 Å². The van der Waals surface area contributed by atoms with Crippen molar-refractivity contribution in [1.29, 1.82) is 0 Å². The average molecular weight is 488 g/mol. The van der Waals surface area contributed by atoms with Crippen molar-refractivity contribution in [2.75, 3.05) is 17.1 Å². The van der Waals surface area contributed by atoms with Gasteiger partial charge in [0.25, 0.3) is 0 Å². The number of rotatable bonds is 11. The normalized spacial score (nSPS) is 12.2. The van der Waals surface area contributed by atoms with Crippen molar-refractivity contribution < 1.29 is 22.8 Å². The molecular formula is C25H33N3O5S. The molecule has 1 N–H and O–H groups in total. The maximum atomic E-state index is 13.6. The molecule has 8 nitrogen and oxygen atoms in total. The predicted octanol–water partition coefficient (Wildman–Crippen LogP) is 2.99. The molecule has 2 aromatic rings. The topological polar surface area (TPSA) is 104 Å². The number of amides is 2. The lowest BCUT2D eigenvalue weighted by Gasteiger charge is -2.33. The minimum Gasteiger partial charge on any atom is -0.352 e. The van der Waals surface area contributed by atoms with E-state index in [4.69, 9.17) is 0 Å². The minimum absolute atomic E-state index is 0.114. The van der Waals surface area contributed by atoms with Gasteiger partial charge in [-0.2, -0.15) is 0 Å². The molecular weight excluding hydrogens is 454 g/mol. The molecule has 2 amide bonds. The van der Waals surface area contributed by atoms with Gasteiger partial charge in [-0.05, 0) is 44.9 Å².